The van der Waals surface area contributed by atoms with Crippen molar-refractivity contribution >= 4 is 38.5 Å². The number of aliphatic hydroxyl groups excluding tert-OH is 2. The number of urea groups is 1. The van der Waals surface area contributed by atoms with Gasteiger partial charge in [-0.3, -0.25) is 5.32 Å². The van der Waals surface area contributed by atoms with E-state index < -0.39 is 11.9 Å². The second-order valence-electron chi connectivity index (χ2n) is 7.59. The van der Waals surface area contributed by atoms with Crippen molar-refractivity contribution in [2.45, 2.75) is 25.5 Å². The Morgan fingerprint density at radius 1 is 1.39 bits per heavy atom. The summed E-state index contributed by atoms with van der Waals surface area (Å²) in [6.07, 6.45) is 0.704. The first-order valence-corrected chi connectivity index (χ1v) is 10.9. The second-order valence-corrected chi connectivity index (χ2v) is 8.63. The normalized spacial score (nSPS) is 17.7. The largest absolute Gasteiger partial charge is 0.394 e. The Hall–Kier alpha value is -2.82. The van der Waals surface area contributed by atoms with E-state index in [4.69, 9.17) is 5.11 Å². The maximum absolute atomic E-state index is 14.6. The van der Waals surface area contributed by atoms with Gasteiger partial charge in [-0.25, -0.2) is 19.2 Å². The number of nitrogens with zero attached hydrogens (tertiary/aromatic N) is 4. The fraction of sp³-hybridized carbons (Fsp3) is 0.381. The van der Waals surface area contributed by atoms with Gasteiger partial charge in [0.1, 0.15) is 0 Å². The number of anilines is 2. The number of rotatable bonds is 5. The number of fused-ring (bicyclic) bond motifs is 1. The minimum atomic E-state index is -0.940. The van der Waals surface area contributed by atoms with Crippen molar-refractivity contribution < 1.29 is 19.4 Å². The molecule has 164 valence electrons. The Labute approximate surface area is 183 Å². The standard InChI is InChI=1S/C21H24FN5O3S/c1-13-11-26(19-16(22)9-14(10-23-19)8-15(29)12-28)6-7-27(13)21(30)25-20-24-17-4-2-3-5-18(17)31-20/h2-5,9-10,13,15,28-29H,6-8,11-12H2,1H3,(H,24,25,30)/t13-,15+/m0/s1. The van der Waals surface area contributed by atoms with Crippen LogP contribution in [0.15, 0.2) is 36.5 Å². The zero-order valence-corrected chi connectivity index (χ0v) is 17.8. The molecule has 8 nitrogen and oxygen atoms in total. The summed E-state index contributed by atoms with van der Waals surface area (Å²) < 4.78 is 15.6. The molecule has 0 bridgehead atoms. The number of hydrogen-bond acceptors (Lipinski definition) is 7. The lowest BCUT2D eigenvalue weighted by Crippen LogP contribution is -2.55. The number of aliphatic hydroxyl groups is 2. The van der Waals surface area contributed by atoms with Gasteiger partial charge in [-0.05, 0) is 30.7 Å². The monoisotopic (exact) mass is 445 g/mol. The zero-order valence-electron chi connectivity index (χ0n) is 17.0. The summed E-state index contributed by atoms with van der Waals surface area (Å²) in [6.45, 7) is 2.83. The SMILES string of the molecule is C[C@H]1CN(c2ncc(C[C@@H](O)CO)cc2F)CCN1C(=O)Nc1nc2ccccc2s1. The van der Waals surface area contributed by atoms with Crippen molar-refractivity contribution in [2.75, 3.05) is 36.5 Å². The zero-order chi connectivity index (χ0) is 22.0. The van der Waals surface area contributed by atoms with Crippen molar-refractivity contribution in [3.63, 3.8) is 0 Å². The molecule has 0 saturated carbocycles. The van der Waals surface area contributed by atoms with E-state index in [1.54, 1.807) is 4.90 Å². The van der Waals surface area contributed by atoms with E-state index in [0.717, 1.165) is 10.2 Å². The van der Waals surface area contributed by atoms with Gasteiger partial charge in [-0.2, -0.15) is 0 Å². The Bertz CT molecular complexity index is 1050. The van der Waals surface area contributed by atoms with Crippen LogP contribution in [0.25, 0.3) is 10.2 Å². The predicted molar refractivity (Wildman–Crippen MR) is 118 cm³/mol. The van der Waals surface area contributed by atoms with Crippen LogP contribution in [0.3, 0.4) is 0 Å². The van der Waals surface area contributed by atoms with Crippen LogP contribution in [0.5, 0.6) is 0 Å². The number of carbonyl (C=O) groups excluding carboxylic acids is 1. The minimum Gasteiger partial charge on any atom is -0.394 e. The van der Waals surface area contributed by atoms with Crippen LogP contribution in [0.1, 0.15) is 12.5 Å². The molecular weight excluding hydrogens is 421 g/mol. The van der Waals surface area contributed by atoms with E-state index in [0.29, 0.717) is 30.3 Å². The Kier molecular flexibility index (Phi) is 6.30. The Morgan fingerprint density at radius 2 is 2.19 bits per heavy atom. The molecule has 0 spiro atoms. The highest BCUT2D eigenvalue weighted by molar-refractivity contribution is 7.22. The van der Waals surface area contributed by atoms with Gasteiger partial charge in [0, 0.05) is 38.3 Å². The number of amides is 2. The molecule has 0 unspecified atom stereocenters. The lowest BCUT2D eigenvalue weighted by molar-refractivity contribution is 0.0954. The van der Waals surface area contributed by atoms with Crippen LogP contribution < -0.4 is 10.2 Å². The van der Waals surface area contributed by atoms with Crippen LogP contribution in [0.4, 0.5) is 20.1 Å². The van der Waals surface area contributed by atoms with Gasteiger partial charge < -0.3 is 20.0 Å². The average molecular weight is 446 g/mol. The molecule has 1 saturated heterocycles. The lowest BCUT2D eigenvalue weighted by atomic mass is 10.1. The van der Waals surface area contributed by atoms with E-state index in [2.05, 4.69) is 15.3 Å². The van der Waals surface area contributed by atoms with Gasteiger partial charge in [0.25, 0.3) is 0 Å². The minimum absolute atomic E-state index is 0.136. The van der Waals surface area contributed by atoms with E-state index in [1.165, 1.54) is 23.6 Å². The highest BCUT2D eigenvalue weighted by Crippen LogP contribution is 2.26. The maximum Gasteiger partial charge on any atom is 0.324 e. The third-order valence-corrected chi connectivity index (χ3v) is 6.21. The molecule has 3 aromatic rings. The van der Waals surface area contributed by atoms with E-state index in [1.807, 2.05) is 36.1 Å². The molecule has 3 heterocycles. The van der Waals surface area contributed by atoms with Crippen molar-refractivity contribution in [2.24, 2.45) is 0 Å². The number of aromatic nitrogens is 2. The highest BCUT2D eigenvalue weighted by atomic mass is 32.1. The van der Waals surface area contributed by atoms with E-state index in [9.17, 15) is 14.3 Å². The van der Waals surface area contributed by atoms with Crippen molar-refractivity contribution in [1.29, 1.82) is 0 Å². The molecule has 1 aliphatic rings. The topological polar surface area (TPSA) is 102 Å². The predicted octanol–water partition coefficient (Wildman–Crippen LogP) is 2.47. The van der Waals surface area contributed by atoms with Gasteiger partial charge in [0.2, 0.25) is 0 Å². The summed E-state index contributed by atoms with van der Waals surface area (Å²) in [5.41, 5.74) is 1.36. The van der Waals surface area contributed by atoms with E-state index in [-0.39, 0.29) is 30.9 Å². The van der Waals surface area contributed by atoms with Crippen LogP contribution in [-0.4, -0.2) is 69.5 Å². The van der Waals surface area contributed by atoms with Crippen molar-refractivity contribution in [1.82, 2.24) is 14.9 Å². The summed E-state index contributed by atoms with van der Waals surface area (Å²) in [5, 5.41) is 21.9. The first-order chi connectivity index (χ1) is 14.9. The summed E-state index contributed by atoms with van der Waals surface area (Å²) in [6, 6.07) is 8.65. The quantitative estimate of drug-likeness (QED) is 0.558. The number of nitrogens with one attached hydrogen (secondary N) is 1. The molecule has 1 aromatic carbocycles. The first kappa shape index (κ1) is 21.4. The number of piperazine rings is 1. The molecule has 0 radical (unpaired) electrons. The molecule has 2 amide bonds. The number of benzene rings is 1. The van der Waals surface area contributed by atoms with Gasteiger partial charge >= 0.3 is 6.03 Å². The highest BCUT2D eigenvalue weighted by Gasteiger charge is 2.30. The van der Waals surface area contributed by atoms with E-state index >= 15 is 0 Å². The molecule has 2 atom stereocenters. The number of halogens is 1. The van der Waals surface area contributed by atoms with Crippen LogP contribution in [0.2, 0.25) is 0 Å². The molecule has 10 heteroatoms. The second kappa shape index (κ2) is 9.13. The molecule has 1 fully saturated rings. The summed E-state index contributed by atoms with van der Waals surface area (Å²) in [7, 11) is 0. The fourth-order valence-electron chi connectivity index (χ4n) is 3.69. The lowest BCUT2D eigenvalue weighted by Gasteiger charge is -2.40. The van der Waals surface area contributed by atoms with Crippen molar-refractivity contribution in [3.8, 4) is 0 Å². The Balaban J connectivity index is 1.39. The van der Waals surface area contributed by atoms with Crippen LogP contribution >= 0.6 is 11.3 Å². The molecule has 2 aromatic heterocycles. The van der Waals surface area contributed by atoms with Crippen LogP contribution in [0, 0.1) is 5.82 Å². The van der Waals surface area contributed by atoms with Gasteiger partial charge in [-0.15, -0.1) is 0 Å². The third kappa shape index (κ3) is 4.76. The third-order valence-electron chi connectivity index (χ3n) is 5.26. The number of para-hydroxylation sites is 1. The van der Waals surface area contributed by atoms with Crippen LogP contribution in [-0.2, 0) is 6.42 Å². The molecule has 0 aliphatic carbocycles. The number of pyridine rings is 1. The Morgan fingerprint density at radius 3 is 2.90 bits per heavy atom. The smallest absolute Gasteiger partial charge is 0.324 e. The summed E-state index contributed by atoms with van der Waals surface area (Å²) in [4.78, 5) is 25.0. The number of hydrogen-bond donors (Lipinski definition) is 3. The summed E-state index contributed by atoms with van der Waals surface area (Å²) >= 11 is 1.42. The maximum atomic E-state index is 14.6. The molecular formula is C21H24FN5O3S. The number of thiazole rings is 1. The van der Waals surface area contributed by atoms with Gasteiger partial charge in [0.05, 0.1) is 22.9 Å². The number of carbonyl (C=O) groups is 1. The fourth-order valence-corrected chi connectivity index (χ4v) is 4.55. The molecule has 1 aliphatic heterocycles. The first-order valence-electron chi connectivity index (χ1n) is 10.1. The van der Waals surface area contributed by atoms with Crippen molar-refractivity contribution in [3.05, 3.63) is 47.9 Å². The molecule has 4 rings (SSSR count). The average Bonchev–Trinajstić information content (AvgIpc) is 3.15. The summed E-state index contributed by atoms with van der Waals surface area (Å²) in [5.74, 6) is -0.262. The molecule has 3 N–H and O–H groups in total. The molecule has 31 heavy (non-hydrogen) atoms. The van der Waals surface area contributed by atoms with Gasteiger partial charge in [-0.1, -0.05) is 23.5 Å². The van der Waals surface area contributed by atoms with Gasteiger partial charge in [0.15, 0.2) is 16.8 Å².